The van der Waals surface area contributed by atoms with Crippen molar-refractivity contribution in [1.29, 1.82) is 0 Å². The largest absolute Gasteiger partial charge is 0.394 e. The molecule has 1 aromatic heterocycles. The summed E-state index contributed by atoms with van der Waals surface area (Å²) in [7, 11) is -4.08. The molecule has 1 aliphatic rings. The van der Waals surface area contributed by atoms with E-state index in [1.807, 2.05) is 68.1 Å². The third-order valence-corrected chi connectivity index (χ3v) is 8.44. The van der Waals surface area contributed by atoms with Gasteiger partial charge in [0, 0.05) is 12.1 Å². The van der Waals surface area contributed by atoms with Crippen molar-refractivity contribution in [1.82, 2.24) is 4.98 Å². The van der Waals surface area contributed by atoms with Crippen LogP contribution in [0, 0.1) is 20.8 Å². The fourth-order valence-corrected chi connectivity index (χ4v) is 6.38. The summed E-state index contributed by atoms with van der Waals surface area (Å²) < 4.78 is 27.5. The number of sulfonamides is 1. The Morgan fingerprint density at radius 2 is 1.72 bits per heavy atom. The number of aryl methyl sites for hydroxylation is 3. The summed E-state index contributed by atoms with van der Waals surface area (Å²) in [6, 6.07) is 14.8. The Bertz CT molecular complexity index is 1480. The van der Waals surface area contributed by atoms with E-state index in [9.17, 15) is 23.4 Å². The van der Waals surface area contributed by atoms with Gasteiger partial charge in [0.1, 0.15) is 5.82 Å². The maximum Gasteiger partial charge on any atom is 0.250 e. The lowest BCUT2D eigenvalue weighted by atomic mass is 9.82. The van der Waals surface area contributed by atoms with Crippen molar-refractivity contribution in [3.8, 4) is 11.1 Å². The average molecular weight is 552 g/mol. The molecule has 39 heavy (non-hydrogen) atoms. The number of nitrogens with zero attached hydrogens (tertiary/aromatic N) is 3. The normalized spacial score (nSPS) is 17.9. The number of rotatable bonds is 7. The lowest BCUT2D eigenvalue weighted by Gasteiger charge is -2.33. The number of carbonyl (C=O) groups excluding carboxylic acids is 1. The number of hydrogen-bond acceptors (Lipinski definition) is 7. The minimum Gasteiger partial charge on any atom is -0.394 e. The highest BCUT2D eigenvalue weighted by Gasteiger charge is 2.41. The van der Waals surface area contributed by atoms with Gasteiger partial charge >= 0.3 is 0 Å². The zero-order chi connectivity index (χ0) is 28.7. The molecule has 2 aromatic carbocycles. The van der Waals surface area contributed by atoms with Crippen LogP contribution in [0.1, 0.15) is 42.5 Å². The van der Waals surface area contributed by atoms with E-state index in [0.29, 0.717) is 24.3 Å². The first kappa shape index (κ1) is 28.7. The molecule has 0 spiro atoms. The van der Waals surface area contributed by atoms with Gasteiger partial charge in [0.25, 0.3) is 5.91 Å². The van der Waals surface area contributed by atoms with Gasteiger partial charge in [-0.1, -0.05) is 53.6 Å². The van der Waals surface area contributed by atoms with Gasteiger partial charge in [-0.2, -0.15) is 0 Å². The van der Waals surface area contributed by atoms with E-state index in [2.05, 4.69) is 4.98 Å². The van der Waals surface area contributed by atoms with Crippen molar-refractivity contribution in [2.24, 2.45) is 0 Å². The Morgan fingerprint density at radius 3 is 2.31 bits per heavy atom. The second-order valence-corrected chi connectivity index (χ2v) is 12.9. The molecule has 2 atom stereocenters. The van der Waals surface area contributed by atoms with E-state index in [1.165, 1.54) is 6.20 Å². The zero-order valence-electron chi connectivity index (χ0n) is 23.3. The second-order valence-electron chi connectivity index (χ2n) is 11.1. The molecule has 0 saturated carbocycles. The standard InChI is InChI=1S/C30H37N3O5S/c1-19-11-20(2)13-22(12-19)30(4,5)29(36)33(39(6,37)38)27-16-31-28(32-17-24(35)14-23(32)18-34)15-26(27)25-10-8-7-9-21(25)3/h7-13,15-16,23-24,34-35H,14,17-18H2,1-6H3. The number of amides is 1. The van der Waals surface area contributed by atoms with Gasteiger partial charge in [0.05, 0.1) is 42.3 Å². The van der Waals surface area contributed by atoms with E-state index in [4.69, 9.17) is 0 Å². The van der Waals surface area contributed by atoms with Crippen LogP contribution in [0.3, 0.4) is 0 Å². The summed E-state index contributed by atoms with van der Waals surface area (Å²) >= 11 is 0. The number of aromatic nitrogens is 1. The summed E-state index contributed by atoms with van der Waals surface area (Å²) in [5.41, 5.74) is 3.83. The fraction of sp³-hybridized carbons (Fsp3) is 0.400. The predicted octanol–water partition coefficient (Wildman–Crippen LogP) is 3.88. The number of β-amino-alcohol motifs (C(OH)–C–C–N with tert-alkyl or cyclic N) is 1. The molecule has 2 N–H and O–H groups in total. The van der Waals surface area contributed by atoms with Crippen LogP contribution in [-0.4, -0.2) is 61.1 Å². The van der Waals surface area contributed by atoms with E-state index in [-0.39, 0.29) is 18.3 Å². The third-order valence-electron chi connectivity index (χ3n) is 7.41. The van der Waals surface area contributed by atoms with Gasteiger partial charge in [0.2, 0.25) is 10.0 Å². The van der Waals surface area contributed by atoms with Gasteiger partial charge < -0.3 is 15.1 Å². The predicted molar refractivity (Wildman–Crippen MR) is 155 cm³/mol. The highest BCUT2D eigenvalue weighted by Crippen LogP contribution is 2.40. The van der Waals surface area contributed by atoms with Crippen LogP contribution < -0.4 is 9.21 Å². The quantitative estimate of drug-likeness (QED) is 0.459. The van der Waals surface area contributed by atoms with Crippen molar-refractivity contribution in [3.05, 3.63) is 77.0 Å². The Kier molecular flexibility index (Phi) is 7.89. The molecule has 0 aliphatic carbocycles. The monoisotopic (exact) mass is 551 g/mol. The van der Waals surface area contributed by atoms with Crippen molar-refractivity contribution in [3.63, 3.8) is 0 Å². The Labute approximate surface area is 231 Å². The summed E-state index contributed by atoms with van der Waals surface area (Å²) in [5.74, 6) is -0.105. The van der Waals surface area contributed by atoms with Crippen LogP contribution in [0.5, 0.6) is 0 Å². The second kappa shape index (κ2) is 10.7. The molecule has 2 unspecified atom stereocenters. The topological polar surface area (TPSA) is 111 Å². The van der Waals surface area contributed by atoms with Crippen LogP contribution in [0.4, 0.5) is 11.5 Å². The minimum absolute atomic E-state index is 0.151. The molecular weight excluding hydrogens is 514 g/mol. The molecule has 208 valence electrons. The zero-order valence-corrected chi connectivity index (χ0v) is 24.2. The van der Waals surface area contributed by atoms with Crippen LogP contribution in [0.2, 0.25) is 0 Å². The lowest BCUT2D eigenvalue weighted by molar-refractivity contribution is -0.121. The van der Waals surface area contributed by atoms with Gasteiger partial charge in [-0.05, 0) is 63.8 Å². The SMILES string of the molecule is Cc1cc(C)cc(C(C)(C)C(=O)N(c2cnc(N3CC(O)CC3CO)cc2-c2ccccc2C)S(C)(=O)=O)c1. The molecule has 4 rings (SSSR count). The summed E-state index contributed by atoms with van der Waals surface area (Å²) in [5, 5.41) is 20.1. The number of benzene rings is 2. The Balaban J connectivity index is 1.93. The molecule has 8 nitrogen and oxygen atoms in total. The maximum atomic E-state index is 14.2. The number of carbonyl (C=O) groups is 1. The first-order valence-electron chi connectivity index (χ1n) is 13.0. The van der Waals surface area contributed by atoms with Gasteiger partial charge in [0.15, 0.2) is 0 Å². The highest BCUT2D eigenvalue weighted by atomic mass is 32.2. The number of pyridine rings is 1. The average Bonchev–Trinajstić information content (AvgIpc) is 3.24. The first-order valence-corrected chi connectivity index (χ1v) is 14.8. The van der Waals surface area contributed by atoms with Crippen LogP contribution in [0.25, 0.3) is 11.1 Å². The first-order chi connectivity index (χ1) is 18.2. The van der Waals surface area contributed by atoms with E-state index in [0.717, 1.165) is 38.4 Å². The molecule has 1 amide bonds. The van der Waals surface area contributed by atoms with Crippen LogP contribution >= 0.6 is 0 Å². The highest BCUT2D eigenvalue weighted by molar-refractivity contribution is 7.92. The number of aliphatic hydroxyl groups is 2. The molecule has 2 heterocycles. The minimum atomic E-state index is -4.08. The van der Waals surface area contributed by atoms with Crippen LogP contribution in [0.15, 0.2) is 54.7 Å². The molecule has 9 heteroatoms. The number of aliphatic hydroxyl groups excluding tert-OH is 2. The lowest BCUT2D eigenvalue weighted by Crippen LogP contribution is -2.47. The molecule has 3 aromatic rings. The van der Waals surface area contributed by atoms with Crippen molar-refractivity contribution in [2.75, 3.05) is 28.6 Å². The molecule has 1 fully saturated rings. The summed E-state index contributed by atoms with van der Waals surface area (Å²) in [6.07, 6.45) is 2.22. The summed E-state index contributed by atoms with van der Waals surface area (Å²) in [6.45, 7) is 9.40. The van der Waals surface area contributed by atoms with Crippen molar-refractivity contribution >= 4 is 27.4 Å². The Hall–Kier alpha value is -3.27. The van der Waals surface area contributed by atoms with Gasteiger partial charge in [-0.15, -0.1) is 0 Å². The van der Waals surface area contributed by atoms with E-state index < -0.39 is 27.4 Å². The molecule has 1 aliphatic heterocycles. The molecular formula is C30H37N3O5S. The smallest absolute Gasteiger partial charge is 0.250 e. The number of anilines is 2. The third kappa shape index (κ3) is 5.71. The van der Waals surface area contributed by atoms with Gasteiger partial charge in [-0.25, -0.2) is 17.7 Å². The summed E-state index contributed by atoms with van der Waals surface area (Å²) in [4.78, 5) is 20.6. The van der Waals surface area contributed by atoms with Crippen LogP contribution in [-0.2, 0) is 20.2 Å². The number of hydrogen-bond donors (Lipinski definition) is 2. The van der Waals surface area contributed by atoms with E-state index in [1.54, 1.807) is 19.9 Å². The molecule has 0 bridgehead atoms. The Morgan fingerprint density at radius 1 is 1.08 bits per heavy atom. The maximum absolute atomic E-state index is 14.2. The van der Waals surface area contributed by atoms with Crippen molar-refractivity contribution in [2.45, 2.75) is 58.6 Å². The van der Waals surface area contributed by atoms with Crippen molar-refractivity contribution < 1.29 is 23.4 Å². The molecule has 1 saturated heterocycles. The fourth-order valence-electron chi connectivity index (χ4n) is 5.34. The van der Waals surface area contributed by atoms with Gasteiger partial charge in [-0.3, -0.25) is 4.79 Å². The molecule has 0 radical (unpaired) electrons. The van der Waals surface area contributed by atoms with E-state index >= 15 is 0 Å².